The van der Waals surface area contributed by atoms with Crippen molar-refractivity contribution in [1.29, 1.82) is 0 Å². The Hall–Kier alpha value is -2.24. The fourth-order valence-electron chi connectivity index (χ4n) is 2.09. The first kappa shape index (κ1) is 15.2. The number of nitrogens with zero attached hydrogens (tertiary/aromatic N) is 2. The lowest BCUT2D eigenvalue weighted by atomic mass is 10.1. The van der Waals surface area contributed by atoms with E-state index in [2.05, 4.69) is 20.6 Å². The highest BCUT2D eigenvalue weighted by molar-refractivity contribution is 5.65. The van der Waals surface area contributed by atoms with E-state index in [0.717, 1.165) is 30.5 Å². The van der Waals surface area contributed by atoms with Crippen molar-refractivity contribution in [1.82, 2.24) is 9.97 Å². The van der Waals surface area contributed by atoms with Crippen LogP contribution in [0.4, 0.5) is 26.1 Å². The summed E-state index contributed by atoms with van der Waals surface area (Å²) in [5, 5.41) is 5.85. The average Bonchev–Trinajstić information content (AvgIpc) is 2.46. The molecule has 0 aliphatic carbocycles. The third-order valence-electron chi connectivity index (χ3n) is 3.18. The van der Waals surface area contributed by atoms with Crippen LogP contribution in [0, 0.1) is 18.6 Å². The number of aryl methyl sites for hydroxylation is 1. The predicted octanol–water partition coefficient (Wildman–Crippen LogP) is 3.80. The number of anilines is 3. The summed E-state index contributed by atoms with van der Waals surface area (Å²) in [5.41, 5.74) is 1.18. The van der Waals surface area contributed by atoms with Crippen LogP contribution in [0.3, 0.4) is 0 Å². The van der Waals surface area contributed by atoms with Gasteiger partial charge in [-0.25, -0.2) is 18.7 Å². The molecule has 0 radical (unpaired) electrons. The summed E-state index contributed by atoms with van der Waals surface area (Å²) >= 11 is 0. The Morgan fingerprint density at radius 1 is 1.10 bits per heavy atom. The zero-order chi connectivity index (χ0) is 15.4. The van der Waals surface area contributed by atoms with Crippen molar-refractivity contribution in [3.8, 4) is 0 Å². The third kappa shape index (κ3) is 3.26. The van der Waals surface area contributed by atoms with Gasteiger partial charge < -0.3 is 10.6 Å². The quantitative estimate of drug-likeness (QED) is 0.880. The van der Waals surface area contributed by atoms with Crippen molar-refractivity contribution in [2.24, 2.45) is 0 Å². The van der Waals surface area contributed by atoms with Crippen LogP contribution in [-0.2, 0) is 6.42 Å². The number of hydrogen-bond acceptors (Lipinski definition) is 4. The second-order valence-electron chi connectivity index (χ2n) is 4.76. The maximum Gasteiger partial charge on any atom is 0.147 e. The predicted molar refractivity (Wildman–Crippen MR) is 80.0 cm³/mol. The molecule has 2 N–H and O–H groups in total. The molecule has 0 aliphatic heterocycles. The molecule has 0 saturated carbocycles. The summed E-state index contributed by atoms with van der Waals surface area (Å²) in [5.74, 6) is 0.195. The minimum Gasteiger partial charge on any atom is -0.373 e. The molecule has 1 heterocycles. The lowest BCUT2D eigenvalue weighted by molar-refractivity contribution is 0.595. The van der Waals surface area contributed by atoms with Crippen LogP contribution in [0.15, 0.2) is 18.5 Å². The SMILES string of the molecule is CCCc1c(NC)ncnc1Nc1cc(F)c(C)cc1F. The summed E-state index contributed by atoms with van der Waals surface area (Å²) in [6.45, 7) is 3.55. The van der Waals surface area contributed by atoms with E-state index in [1.165, 1.54) is 13.3 Å². The van der Waals surface area contributed by atoms with Gasteiger partial charge in [-0.2, -0.15) is 0 Å². The molecule has 0 aliphatic rings. The van der Waals surface area contributed by atoms with Crippen molar-refractivity contribution < 1.29 is 8.78 Å². The molecule has 0 spiro atoms. The molecule has 112 valence electrons. The molecule has 1 aromatic heterocycles. The number of nitrogens with one attached hydrogen (secondary N) is 2. The molecule has 4 nitrogen and oxygen atoms in total. The molecule has 2 aromatic rings. The Balaban J connectivity index is 2.42. The molecule has 0 saturated heterocycles. The van der Waals surface area contributed by atoms with Crippen molar-refractivity contribution in [2.75, 3.05) is 17.7 Å². The smallest absolute Gasteiger partial charge is 0.147 e. The zero-order valence-electron chi connectivity index (χ0n) is 12.3. The van der Waals surface area contributed by atoms with Gasteiger partial charge in [0.15, 0.2) is 0 Å². The van der Waals surface area contributed by atoms with Crippen molar-refractivity contribution in [3.63, 3.8) is 0 Å². The first-order valence-electron chi connectivity index (χ1n) is 6.81. The summed E-state index contributed by atoms with van der Waals surface area (Å²) in [6, 6.07) is 2.30. The van der Waals surface area contributed by atoms with E-state index in [9.17, 15) is 8.78 Å². The van der Waals surface area contributed by atoms with Crippen LogP contribution in [0.2, 0.25) is 0 Å². The molecule has 1 aromatic carbocycles. The van der Waals surface area contributed by atoms with Crippen LogP contribution in [0.25, 0.3) is 0 Å². The van der Waals surface area contributed by atoms with Gasteiger partial charge in [-0.3, -0.25) is 0 Å². The van der Waals surface area contributed by atoms with E-state index < -0.39 is 11.6 Å². The van der Waals surface area contributed by atoms with Crippen molar-refractivity contribution in [3.05, 3.63) is 41.2 Å². The molecular formula is C15H18F2N4. The highest BCUT2D eigenvalue weighted by Crippen LogP contribution is 2.27. The van der Waals surface area contributed by atoms with E-state index in [0.29, 0.717) is 11.6 Å². The lowest BCUT2D eigenvalue weighted by Crippen LogP contribution is -2.06. The van der Waals surface area contributed by atoms with E-state index in [1.807, 2.05) is 6.92 Å². The van der Waals surface area contributed by atoms with Gasteiger partial charge in [0.1, 0.15) is 29.6 Å². The maximum absolute atomic E-state index is 13.9. The minimum absolute atomic E-state index is 0.0659. The Morgan fingerprint density at radius 2 is 1.81 bits per heavy atom. The number of rotatable bonds is 5. The second-order valence-corrected chi connectivity index (χ2v) is 4.76. The number of aromatic nitrogens is 2. The molecule has 0 atom stereocenters. The molecule has 0 amide bonds. The summed E-state index contributed by atoms with van der Waals surface area (Å²) in [4.78, 5) is 8.29. The monoisotopic (exact) mass is 292 g/mol. The molecule has 0 fully saturated rings. The Bertz CT molecular complexity index is 644. The topological polar surface area (TPSA) is 49.8 Å². The molecule has 0 unspecified atom stereocenters. The summed E-state index contributed by atoms with van der Waals surface area (Å²) in [7, 11) is 1.76. The van der Waals surface area contributed by atoms with Gasteiger partial charge in [0.2, 0.25) is 0 Å². The molecule has 21 heavy (non-hydrogen) atoms. The van der Waals surface area contributed by atoms with Gasteiger partial charge in [-0.15, -0.1) is 0 Å². The van der Waals surface area contributed by atoms with Gasteiger partial charge in [0, 0.05) is 18.7 Å². The van der Waals surface area contributed by atoms with E-state index in [1.54, 1.807) is 7.05 Å². The Morgan fingerprint density at radius 3 is 2.48 bits per heavy atom. The number of hydrogen-bond donors (Lipinski definition) is 2. The van der Waals surface area contributed by atoms with E-state index >= 15 is 0 Å². The van der Waals surface area contributed by atoms with Crippen LogP contribution in [-0.4, -0.2) is 17.0 Å². The Kier molecular flexibility index (Phi) is 4.67. The fourth-order valence-corrected chi connectivity index (χ4v) is 2.09. The fraction of sp³-hybridized carbons (Fsp3) is 0.333. The van der Waals surface area contributed by atoms with Crippen molar-refractivity contribution in [2.45, 2.75) is 26.7 Å². The van der Waals surface area contributed by atoms with Crippen LogP contribution >= 0.6 is 0 Å². The highest BCUT2D eigenvalue weighted by Gasteiger charge is 2.13. The maximum atomic E-state index is 13.9. The highest BCUT2D eigenvalue weighted by atomic mass is 19.1. The average molecular weight is 292 g/mol. The van der Waals surface area contributed by atoms with Crippen LogP contribution < -0.4 is 10.6 Å². The Labute approximate surface area is 122 Å². The first-order chi connectivity index (χ1) is 10.1. The van der Waals surface area contributed by atoms with Gasteiger partial charge >= 0.3 is 0 Å². The van der Waals surface area contributed by atoms with Gasteiger partial charge in [-0.05, 0) is 25.0 Å². The summed E-state index contributed by atoms with van der Waals surface area (Å²) in [6.07, 6.45) is 3.01. The summed E-state index contributed by atoms with van der Waals surface area (Å²) < 4.78 is 27.5. The minimum atomic E-state index is -0.513. The second kappa shape index (κ2) is 6.47. The normalized spacial score (nSPS) is 10.5. The van der Waals surface area contributed by atoms with E-state index in [-0.39, 0.29) is 11.3 Å². The van der Waals surface area contributed by atoms with Gasteiger partial charge in [-0.1, -0.05) is 13.3 Å². The largest absolute Gasteiger partial charge is 0.373 e. The zero-order valence-corrected chi connectivity index (χ0v) is 12.3. The molecule has 2 rings (SSSR count). The lowest BCUT2D eigenvalue weighted by Gasteiger charge is -2.14. The first-order valence-corrected chi connectivity index (χ1v) is 6.81. The van der Waals surface area contributed by atoms with Crippen LogP contribution in [0.1, 0.15) is 24.5 Å². The van der Waals surface area contributed by atoms with Crippen LogP contribution in [0.5, 0.6) is 0 Å². The standard InChI is InChI=1S/C15H18F2N4/c1-4-5-10-14(18-3)19-8-20-15(10)21-13-7-11(16)9(2)6-12(13)17/h6-8H,4-5H2,1-3H3,(H2,18,19,20,21). The number of halogens is 2. The van der Waals surface area contributed by atoms with Gasteiger partial charge in [0.05, 0.1) is 5.69 Å². The third-order valence-corrected chi connectivity index (χ3v) is 3.18. The molecule has 0 bridgehead atoms. The number of benzene rings is 1. The molecular weight excluding hydrogens is 274 g/mol. The van der Waals surface area contributed by atoms with Gasteiger partial charge in [0.25, 0.3) is 0 Å². The van der Waals surface area contributed by atoms with E-state index in [4.69, 9.17) is 0 Å². The van der Waals surface area contributed by atoms with Crippen molar-refractivity contribution >= 4 is 17.3 Å². The molecule has 6 heteroatoms.